The Morgan fingerprint density at radius 1 is 1.13 bits per heavy atom. The van der Waals surface area contributed by atoms with E-state index in [1.54, 1.807) is 23.2 Å². The third-order valence-corrected chi connectivity index (χ3v) is 8.45. The number of carboxylic acids is 1. The van der Waals surface area contributed by atoms with E-state index in [-0.39, 0.29) is 24.2 Å². The number of nitrogens with one attached hydrogen (secondary N) is 1. The standard InChI is InChI=1S/C28H27Cl2N3O4S/c1-38-23-8-6-17(25(29)26(23)30)7-9-24(34)33-14-11-18(12-15-33)27(35)32-22(28(36)37)16-19-10-13-31-21-5-3-2-4-20(19)21/h2-10,13,18,22H,11-12,14-16H2,1H3,(H,32,35)(H,36,37). The van der Waals surface area contributed by atoms with Crippen LogP contribution in [0, 0.1) is 5.92 Å². The first-order valence-corrected chi connectivity index (χ1v) is 14.1. The highest BCUT2D eigenvalue weighted by molar-refractivity contribution is 7.98. The highest BCUT2D eigenvalue weighted by Crippen LogP contribution is 2.35. The van der Waals surface area contributed by atoms with Crippen LogP contribution in [-0.4, -0.2) is 58.2 Å². The molecule has 1 atom stereocenters. The molecular formula is C28H27Cl2N3O4S. The molecule has 1 aliphatic heterocycles. The van der Waals surface area contributed by atoms with Crippen LogP contribution in [0.15, 0.2) is 59.6 Å². The Hall–Kier alpha value is -3.07. The third kappa shape index (κ3) is 6.49. The van der Waals surface area contributed by atoms with Crippen LogP contribution in [-0.2, 0) is 20.8 Å². The van der Waals surface area contributed by atoms with Gasteiger partial charge in [-0.05, 0) is 54.5 Å². The summed E-state index contributed by atoms with van der Waals surface area (Å²) in [6.45, 7) is 0.793. The minimum absolute atomic E-state index is 0.150. The number of rotatable bonds is 8. The highest BCUT2D eigenvalue weighted by atomic mass is 35.5. The maximum atomic E-state index is 12.9. The van der Waals surface area contributed by atoms with Gasteiger partial charge in [0, 0.05) is 48.0 Å². The number of thioether (sulfide) groups is 1. The fraction of sp³-hybridized carbons (Fsp3) is 0.286. The van der Waals surface area contributed by atoms with E-state index in [0.29, 0.717) is 41.5 Å². The first-order chi connectivity index (χ1) is 18.3. The molecule has 38 heavy (non-hydrogen) atoms. The number of pyridine rings is 1. The number of likely N-dealkylation sites (tertiary alicyclic amines) is 1. The van der Waals surface area contributed by atoms with Gasteiger partial charge in [-0.3, -0.25) is 14.6 Å². The molecule has 0 bridgehead atoms. The van der Waals surface area contributed by atoms with Crippen molar-refractivity contribution in [2.24, 2.45) is 5.92 Å². The topological polar surface area (TPSA) is 99.6 Å². The summed E-state index contributed by atoms with van der Waals surface area (Å²) in [5, 5.41) is 14.2. The zero-order valence-electron chi connectivity index (χ0n) is 20.7. The van der Waals surface area contributed by atoms with Crippen LogP contribution in [0.2, 0.25) is 10.0 Å². The Morgan fingerprint density at radius 3 is 2.58 bits per heavy atom. The molecule has 2 aromatic carbocycles. The average Bonchev–Trinajstić information content (AvgIpc) is 2.93. The van der Waals surface area contributed by atoms with E-state index < -0.39 is 12.0 Å². The largest absolute Gasteiger partial charge is 0.480 e. The maximum Gasteiger partial charge on any atom is 0.326 e. The van der Waals surface area contributed by atoms with Gasteiger partial charge in [0.05, 0.1) is 15.6 Å². The van der Waals surface area contributed by atoms with Gasteiger partial charge in [0.15, 0.2) is 0 Å². The Labute approximate surface area is 235 Å². The molecule has 0 spiro atoms. The van der Waals surface area contributed by atoms with Crippen molar-refractivity contribution >= 4 is 69.7 Å². The van der Waals surface area contributed by atoms with E-state index in [9.17, 15) is 19.5 Å². The van der Waals surface area contributed by atoms with Crippen LogP contribution in [0.3, 0.4) is 0 Å². The van der Waals surface area contributed by atoms with Crippen molar-refractivity contribution in [3.8, 4) is 0 Å². The molecule has 1 fully saturated rings. The molecule has 4 rings (SSSR count). The number of carboxylic acid groups (broad SMARTS) is 1. The van der Waals surface area contributed by atoms with Crippen molar-refractivity contribution in [1.29, 1.82) is 0 Å². The number of benzene rings is 2. The number of fused-ring (bicyclic) bond motifs is 1. The van der Waals surface area contributed by atoms with Gasteiger partial charge < -0.3 is 15.3 Å². The summed E-state index contributed by atoms with van der Waals surface area (Å²) < 4.78 is 0. The molecule has 198 valence electrons. The molecule has 0 radical (unpaired) electrons. The summed E-state index contributed by atoms with van der Waals surface area (Å²) >= 11 is 14.1. The van der Waals surface area contributed by atoms with E-state index in [4.69, 9.17) is 23.2 Å². The number of hydrogen-bond donors (Lipinski definition) is 2. The molecule has 1 unspecified atom stereocenters. The lowest BCUT2D eigenvalue weighted by Crippen LogP contribution is -2.48. The molecule has 1 saturated heterocycles. The van der Waals surface area contributed by atoms with E-state index >= 15 is 0 Å². The molecule has 0 saturated carbocycles. The Balaban J connectivity index is 1.33. The zero-order chi connectivity index (χ0) is 27.2. The minimum Gasteiger partial charge on any atom is -0.480 e. The molecular weight excluding hydrogens is 545 g/mol. The number of carbonyl (C=O) groups excluding carboxylic acids is 2. The van der Waals surface area contributed by atoms with Gasteiger partial charge in [-0.1, -0.05) is 47.5 Å². The predicted octanol–water partition coefficient (Wildman–Crippen LogP) is 5.33. The summed E-state index contributed by atoms with van der Waals surface area (Å²) in [6, 6.07) is 11.9. The lowest BCUT2D eigenvalue weighted by Gasteiger charge is -2.31. The zero-order valence-corrected chi connectivity index (χ0v) is 23.0. The summed E-state index contributed by atoms with van der Waals surface area (Å²) in [6.07, 6.45) is 7.69. The Morgan fingerprint density at radius 2 is 1.87 bits per heavy atom. The lowest BCUT2D eigenvalue weighted by molar-refractivity contribution is -0.142. The summed E-state index contributed by atoms with van der Waals surface area (Å²) in [4.78, 5) is 44.5. The maximum absolute atomic E-state index is 12.9. The van der Waals surface area contributed by atoms with Crippen molar-refractivity contribution in [3.05, 3.63) is 75.9 Å². The normalized spacial score (nSPS) is 15.1. The van der Waals surface area contributed by atoms with Gasteiger partial charge >= 0.3 is 5.97 Å². The smallest absolute Gasteiger partial charge is 0.326 e. The van der Waals surface area contributed by atoms with Crippen LogP contribution >= 0.6 is 35.0 Å². The van der Waals surface area contributed by atoms with Crippen molar-refractivity contribution in [2.45, 2.75) is 30.2 Å². The summed E-state index contributed by atoms with van der Waals surface area (Å²) in [7, 11) is 0. The number of piperidine rings is 1. The first-order valence-electron chi connectivity index (χ1n) is 12.1. The molecule has 2 amide bonds. The van der Waals surface area contributed by atoms with Crippen LogP contribution in [0.4, 0.5) is 0 Å². The van der Waals surface area contributed by atoms with Crippen molar-refractivity contribution in [2.75, 3.05) is 19.3 Å². The van der Waals surface area contributed by atoms with Gasteiger partial charge in [0.1, 0.15) is 6.04 Å². The second kappa shape index (κ2) is 12.7. The predicted molar refractivity (Wildman–Crippen MR) is 152 cm³/mol. The van der Waals surface area contributed by atoms with Gasteiger partial charge in [0.25, 0.3) is 0 Å². The first kappa shape index (κ1) is 28.0. The Bertz CT molecular complexity index is 1380. The molecule has 0 aliphatic carbocycles. The SMILES string of the molecule is CSc1ccc(C=CC(=O)N2CCC(C(=O)NC(Cc3ccnc4ccccc34)C(=O)O)CC2)c(Cl)c1Cl. The minimum atomic E-state index is -1.10. The fourth-order valence-corrected chi connectivity index (χ4v) is 5.68. The van der Waals surface area contributed by atoms with Gasteiger partial charge in [0.2, 0.25) is 11.8 Å². The summed E-state index contributed by atoms with van der Waals surface area (Å²) in [5.41, 5.74) is 2.23. The lowest BCUT2D eigenvalue weighted by atomic mass is 9.94. The van der Waals surface area contributed by atoms with E-state index in [1.807, 2.05) is 42.7 Å². The number of nitrogens with zero attached hydrogens (tertiary/aromatic N) is 2. The molecule has 1 aromatic heterocycles. The van der Waals surface area contributed by atoms with Crippen molar-refractivity contribution in [1.82, 2.24) is 15.2 Å². The number of hydrogen-bond acceptors (Lipinski definition) is 5. The number of carbonyl (C=O) groups is 3. The van der Waals surface area contributed by atoms with Crippen LogP contribution in [0.1, 0.15) is 24.0 Å². The van der Waals surface area contributed by atoms with E-state index in [1.165, 1.54) is 17.8 Å². The van der Waals surface area contributed by atoms with Crippen molar-refractivity contribution < 1.29 is 19.5 Å². The van der Waals surface area contributed by atoms with Gasteiger partial charge in [-0.2, -0.15) is 0 Å². The fourth-order valence-electron chi connectivity index (χ4n) is 4.50. The molecule has 2 heterocycles. The second-order valence-corrected chi connectivity index (χ2v) is 10.6. The van der Waals surface area contributed by atoms with Crippen molar-refractivity contribution in [3.63, 3.8) is 0 Å². The average molecular weight is 573 g/mol. The molecule has 3 aromatic rings. The third-order valence-electron chi connectivity index (χ3n) is 6.66. The van der Waals surface area contributed by atoms with E-state index in [0.717, 1.165) is 21.4 Å². The number of aromatic nitrogens is 1. The molecule has 10 heteroatoms. The summed E-state index contributed by atoms with van der Waals surface area (Å²) in [5.74, 6) is -1.96. The van der Waals surface area contributed by atoms with Crippen LogP contribution in [0.5, 0.6) is 0 Å². The number of aliphatic carboxylic acids is 1. The van der Waals surface area contributed by atoms with Crippen LogP contribution in [0.25, 0.3) is 17.0 Å². The number of halogens is 2. The second-order valence-electron chi connectivity index (χ2n) is 9.01. The molecule has 1 aliphatic rings. The Kier molecular flexibility index (Phi) is 9.31. The van der Waals surface area contributed by atoms with Gasteiger partial charge in [-0.15, -0.1) is 11.8 Å². The monoisotopic (exact) mass is 571 g/mol. The van der Waals surface area contributed by atoms with E-state index in [2.05, 4.69) is 10.3 Å². The van der Waals surface area contributed by atoms with Gasteiger partial charge in [-0.25, -0.2) is 4.79 Å². The number of para-hydroxylation sites is 1. The number of amides is 2. The quantitative estimate of drug-likeness (QED) is 0.280. The highest BCUT2D eigenvalue weighted by Gasteiger charge is 2.30. The van der Waals surface area contributed by atoms with Crippen LogP contribution < -0.4 is 5.32 Å². The molecule has 7 nitrogen and oxygen atoms in total. The molecule has 2 N–H and O–H groups in total.